The molecule has 0 bridgehead atoms. The van der Waals surface area contributed by atoms with Crippen molar-refractivity contribution in [3.8, 4) is 0 Å². The Morgan fingerprint density at radius 3 is 2.00 bits per heavy atom. The van der Waals surface area contributed by atoms with Gasteiger partial charge in [-0.05, 0) is 38.3 Å². The van der Waals surface area contributed by atoms with Crippen LogP contribution < -0.4 is 0 Å². The molecule has 0 aliphatic heterocycles. The van der Waals surface area contributed by atoms with E-state index in [4.69, 9.17) is 0 Å². The van der Waals surface area contributed by atoms with Gasteiger partial charge in [-0.1, -0.05) is 37.0 Å². The summed E-state index contributed by atoms with van der Waals surface area (Å²) in [5.41, 5.74) is 2.62. The van der Waals surface area contributed by atoms with Crippen LogP contribution in [-0.2, 0) is 0 Å². The molecule has 0 aromatic carbocycles. The summed E-state index contributed by atoms with van der Waals surface area (Å²) in [4.78, 5) is 0. The van der Waals surface area contributed by atoms with Crippen LogP contribution in [0.3, 0.4) is 0 Å². The number of rotatable bonds is 4. The van der Waals surface area contributed by atoms with Gasteiger partial charge in [0.2, 0.25) is 0 Å². The monoisotopic (exact) mass is 162 g/mol. The Labute approximate surface area is 76.0 Å². The van der Waals surface area contributed by atoms with Crippen LogP contribution in [0.1, 0.15) is 27.2 Å². The van der Waals surface area contributed by atoms with Crippen LogP contribution in [0, 0.1) is 0 Å². The molecule has 12 heavy (non-hydrogen) atoms. The van der Waals surface area contributed by atoms with Gasteiger partial charge in [0.1, 0.15) is 0 Å². The molecule has 0 N–H and O–H groups in total. The average molecular weight is 162 g/mol. The number of hydrogen-bond acceptors (Lipinski definition) is 0. The van der Waals surface area contributed by atoms with E-state index in [2.05, 4.69) is 37.8 Å². The molecular weight excluding hydrogens is 144 g/mol. The minimum Gasteiger partial charge on any atom is -0.0988 e. The third kappa shape index (κ3) is 3.97. The van der Waals surface area contributed by atoms with Gasteiger partial charge in [0.05, 0.1) is 0 Å². The maximum Gasteiger partial charge on any atom is -0.00326 e. The SMILES string of the molecule is C=C/C(=C\C)CC(/C=C\C)=C/C. The Kier molecular flexibility index (Phi) is 6.08. The first-order chi connectivity index (χ1) is 5.78. The highest BCUT2D eigenvalue weighted by Gasteiger charge is 1.92. The van der Waals surface area contributed by atoms with E-state index in [0.29, 0.717) is 0 Å². The van der Waals surface area contributed by atoms with Gasteiger partial charge in [-0.25, -0.2) is 0 Å². The standard InChI is InChI=1S/C12H18/c1-5-9-12(8-4)10-11(6-2)7-3/h5-9H,2,10H2,1,3-4H3/b9-5-,11-7+,12-8+. The molecule has 0 radical (unpaired) electrons. The van der Waals surface area contributed by atoms with Gasteiger partial charge in [-0.3, -0.25) is 0 Å². The Morgan fingerprint density at radius 2 is 1.67 bits per heavy atom. The fourth-order valence-electron chi connectivity index (χ4n) is 0.999. The van der Waals surface area contributed by atoms with Gasteiger partial charge in [0, 0.05) is 0 Å². The minimum atomic E-state index is 0.987. The molecule has 0 amide bonds. The van der Waals surface area contributed by atoms with Gasteiger partial charge in [0.25, 0.3) is 0 Å². The van der Waals surface area contributed by atoms with Crippen LogP contribution >= 0.6 is 0 Å². The van der Waals surface area contributed by atoms with Gasteiger partial charge < -0.3 is 0 Å². The van der Waals surface area contributed by atoms with Crippen molar-refractivity contribution in [3.63, 3.8) is 0 Å². The third-order valence-electron chi connectivity index (χ3n) is 1.79. The topological polar surface area (TPSA) is 0 Å². The molecule has 0 nitrogen and oxygen atoms in total. The van der Waals surface area contributed by atoms with Crippen LogP contribution in [0.25, 0.3) is 0 Å². The maximum atomic E-state index is 3.76. The molecule has 0 saturated carbocycles. The predicted molar refractivity (Wildman–Crippen MR) is 57.1 cm³/mol. The second-order valence-electron chi connectivity index (χ2n) is 2.61. The van der Waals surface area contributed by atoms with Gasteiger partial charge in [0.15, 0.2) is 0 Å². The van der Waals surface area contributed by atoms with Crippen molar-refractivity contribution in [3.05, 3.63) is 48.1 Å². The first-order valence-corrected chi connectivity index (χ1v) is 4.34. The molecule has 0 heterocycles. The molecule has 0 spiro atoms. The quantitative estimate of drug-likeness (QED) is 0.547. The minimum absolute atomic E-state index is 0.987. The summed E-state index contributed by atoms with van der Waals surface area (Å²) in [7, 11) is 0. The zero-order chi connectivity index (χ0) is 9.40. The lowest BCUT2D eigenvalue weighted by Gasteiger charge is -2.01. The van der Waals surface area contributed by atoms with Crippen molar-refractivity contribution >= 4 is 0 Å². The van der Waals surface area contributed by atoms with Crippen molar-refractivity contribution in [2.45, 2.75) is 27.2 Å². The highest BCUT2D eigenvalue weighted by molar-refractivity contribution is 5.29. The smallest absolute Gasteiger partial charge is 0.00326 e. The predicted octanol–water partition coefficient (Wildman–Crippen LogP) is 4.03. The van der Waals surface area contributed by atoms with Gasteiger partial charge >= 0.3 is 0 Å². The van der Waals surface area contributed by atoms with E-state index in [9.17, 15) is 0 Å². The molecule has 0 aromatic heterocycles. The molecular formula is C12H18. The lowest BCUT2D eigenvalue weighted by Crippen LogP contribution is -1.81. The largest absolute Gasteiger partial charge is 0.0988 e. The average Bonchev–Trinajstić information content (AvgIpc) is 2.12. The zero-order valence-corrected chi connectivity index (χ0v) is 8.30. The maximum absolute atomic E-state index is 3.76. The van der Waals surface area contributed by atoms with Crippen LogP contribution in [0.5, 0.6) is 0 Å². The molecule has 0 aliphatic rings. The highest BCUT2D eigenvalue weighted by Crippen LogP contribution is 2.12. The fourth-order valence-corrected chi connectivity index (χ4v) is 0.999. The lowest BCUT2D eigenvalue weighted by molar-refractivity contribution is 1.19. The van der Waals surface area contributed by atoms with Crippen LogP contribution in [0.2, 0.25) is 0 Å². The van der Waals surface area contributed by atoms with Crippen molar-refractivity contribution in [2.75, 3.05) is 0 Å². The Bertz CT molecular complexity index is 214. The Balaban J connectivity index is 4.31. The Hall–Kier alpha value is -1.04. The van der Waals surface area contributed by atoms with E-state index >= 15 is 0 Å². The van der Waals surface area contributed by atoms with E-state index in [1.165, 1.54) is 11.1 Å². The van der Waals surface area contributed by atoms with E-state index in [1.807, 2.05) is 19.9 Å². The molecule has 0 aliphatic carbocycles. The van der Waals surface area contributed by atoms with E-state index in [1.54, 1.807) is 0 Å². The summed E-state index contributed by atoms with van der Waals surface area (Å²) in [6.45, 7) is 9.90. The summed E-state index contributed by atoms with van der Waals surface area (Å²) in [5.74, 6) is 0. The van der Waals surface area contributed by atoms with Crippen molar-refractivity contribution in [2.24, 2.45) is 0 Å². The molecule has 0 rings (SSSR count). The van der Waals surface area contributed by atoms with Crippen molar-refractivity contribution in [1.29, 1.82) is 0 Å². The first-order valence-electron chi connectivity index (χ1n) is 4.34. The highest BCUT2D eigenvalue weighted by atomic mass is 14.0. The van der Waals surface area contributed by atoms with Gasteiger partial charge in [-0.2, -0.15) is 0 Å². The zero-order valence-electron chi connectivity index (χ0n) is 8.30. The molecule has 0 saturated heterocycles. The normalized spacial score (nSPS) is 13.9. The summed E-state index contributed by atoms with van der Waals surface area (Å²) in [6, 6.07) is 0. The molecule has 0 atom stereocenters. The Morgan fingerprint density at radius 1 is 1.08 bits per heavy atom. The number of allylic oxidation sites excluding steroid dienone is 7. The molecule has 0 aromatic rings. The lowest BCUT2D eigenvalue weighted by atomic mass is 10.0. The van der Waals surface area contributed by atoms with Crippen molar-refractivity contribution in [1.82, 2.24) is 0 Å². The van der Waals surface area contributed by atoms with Crippen LogP contribution in [-0.4, -0.2) is 0 Å². The van der Waals surface area contributed by atoms with E-state index in [0.717, 1.165) is 6.42 Å². The molecule has 0 unspecified atom stereocenters. The van der Waals surface area contributed by atoms with Crippen molar-refractivity contribution < 1.29 is 0 Å². The summed E-state index contributed by atoms with van der Waals surface area (Å²) in [6.07, 6.45) is 11.3. The van der Waals surface area contributed by atoms with Crippen LogP contribution in [0.4, 0.5) is 0 Å². The first kappa shape index (κ1) is 11.0. The molecule has 0 heteroatoms. The second kappa shape index (κ2) is 6.66. The van der Waals surface area contributed by atoms with E-state index < -0.39 is 0 Å². The number of hydrogen-bond donors (Lipinski definition) is 0. The fraction of sp³-hybridized carbons (Fsp3) is 0.333. The van der Waals surface area contributed by atoms with E-state index in [-0.39, 0.29) is 0 Å². The van der Waals surface area contributed by atoms with Crippen LogP contribution in [0.15, 0.2) is 48.1 Å². The van der Waals surface area contributed by atoms with Gasteiger partial charge in [-0.15, -0.1) is 0 Å². The summed E-state index contributed by atoms with van der Waals surface area (Å²) >= 11 is 0. The molecule has 0 fully saturated rings. The second-order valence-corrected chi connectivity index (χ2v) is 2.61. The third-order valence-corrected chi connectivity index (χ3v) is 1.79. The summed E-state index contributed by atoms with van der Waals surface area (Å²) in [5, 5.41) is 0. The molecule has 66 valence electrons. The summed E-state index contributed by atoms with van der Waals surface area (Å²) < 4.78 is 0.